The highest BCUT2D eigenvalue weighted by Gasteiger charge is 2.46. The normalized spacial score (nSPS) is 15.0. The summed E-state index contributed by atoms with van der Waals surface area (Å²) in [6.45, 7) is 0.201. The zero-order valence-corrected chi connectivity index (χ0v) is 20.9. The summed E-state index contributed by atoms with van der Waals surface area (Å²) in [5.74, 6) is -1.51. The molecular weight excluding hydrogens is 559 g/mol. The Morgan fingerprint density at radius 2 is 1.60 bits per heavy atom. The maximum atomic E-state index is 12.7. The molecule has 1 fully saturated rings. The smallest absolute Gasteiger partial charge is 0.407 e. The number of halogens is 1. The number of fused-ring (bicyclic) bond motifs is 3. The van der Waals surface area contributed by atoms with Crippen molar-refractivity contribution in [1.29, 1.82) is 0 Å². The van der Waals surface area contributed by atoms with E-state index in [-0.39, 0.29) is 36.1 Å². The molecule has 3 N–H and O–H groups in total. The molecule has 1 saturated carbocycles. The molecule has 8 heteroatoms. The molecule has 3 aromatic carbocycles. The first-order valence-electron chi connectivity index (χ1n) is 11.3. The summed E-state index contributed by atoms with van der Waals surface area (Å²) in [7, 11) is 0. The van der Waals surface area contributed by atoms with Crippen LogP contribution in [0.4, 0.5) is 10.5 Å². The molecule has 2 aliphatic carbocycles. The van der Waals surface area contributed by atoms with Crippen molar-refractivity contribution in [3.05, 3.63) is 87.0 Å². The fourth-order valence-electron chi connectivity index (χ4n) is 4.65. The van der Waals surface area contributed by atoms with Crippen LogP contribution in [-0.4, -0.2) is 35.2 Å². The fraction of sp³-hybridized carbons (Fsp3) is 0.222. The van der Waals surface area contributed by atoms with Crippen LogP contribution < -0.4 is 10.6 Å². The number of alkyl carbamates (subject to hydrolysis) is 1. The minimum atomic E-state index is -1.11. The van der Waals surface area contributed by atoms with Crippen molar-refractivity contribution in [3.8, 4) is 11.1 Å². The second-order valence-electron chi connectivity index (χ2n) is 8.95. The molecular formula is C27H23IN2O5. The summed E-state index contributed by atoms with van der Waals surface area (Å²) < 4.78 is 6.38. The standard InChI is InChI=1S/C27H23IN2O5/c28-16-9-10-23(21(13-16)25(32)33)29-24(31)14-27(11-12-27)30-26(34)35-15-22-19-7-3-1-5-17(19)18-6-2-4-8-20(18)22/h1-10,13,22H,11-12,14-15H2,(H,29,31)(H,30,34)(H,32,33). The molecule has 0 aliphatic heterocycles. The monoisotopic (exact) mass is 582 g/mol. The van der Waals surface area contributed by atoms with Gasteiger partial charge in [0.05, 0.1) is 23.2 Å². The van der Waals surface area contributed by atoms with Gasteiger partial charge in [0, 0.05) is 9.49 Å². The van der Waals surface area contributed by atoms with E-state index in [2.05, 4.69) is 34.9 Å². The van der Waals surface area contributed by atoms with E-state index in [1.807, 2.05) is 46.9 Å². The van der Waals surface area contributed by atoms with Gasteiger partial charge in [-0.2, -0.15) is 0 Å². The van der Waals surface area contributed by atoms with Crippen LogP contribution in [-0.2, 0) is 9.53 Å². The fourth-order valence-corrected chi connectivity index (χ4v) is 5.14. The molecule has 35 heavy (non-hydrogen) atoms. The van der Waals surface area contributed by atoms with Gasteiger partial charge in [0.25, 0.3) is 0 Å². The van der Waals surface area contributed by atoms with Crippen LogP contribution in [0.2, 0.25) is 0 Å². The lowest BCUT2D eigenvalue weighted by Gasteiger charge is -2.19. The second kappa shape index (κ2) is 9.33. The summed E-state index contributed by atoms with van der Waals surface area (Å²) in [4.78, 5) is 36.8. The largest absolute Gasteiger partial charge is 0.478 e. The molecule has 5 rings (SSSR count). The Morgan fingerprint density at radius 3 is 2.20 bits per heavy atom. The van der Waals surface area contributed by atoms with Crippen molar-refractivity contribution in [2.24, 2.45) is 0 Å². The Bertz CT molecular complexity index is 1290. The third-order valence-corrected chi connectivity index (χ3v) is 7.22. The molecule has 2 amide bonds. The van der Waals surface area contributed by atoms with Gasteiger partial charge in [-0.1, -0.05) is 48.5 Å². The number of hydrogen-bond acceptors (Lipinski definition) is 4. The quantitative estimate of drug-likeness (QED) is 0.324. The van der Waals surface area contributed by atoms with E-state index in [9.17, 15) is 19.5 Å². The Morgan fingerprint density at radius 1 is 0.971 bits per heavy atom. The molecule has 0 spiro atoms. The maximum Gasteiger partial charge on any atom is 0.407 e. The van der Waals surface area contributed by atoms with Crippen molar-refractivity contribution in [2.75, 3.05) is 11.9 Å². The summed E-state index contributed by atoms with van der Waals surface area (Å²) >= 11 is 2.02. The number of carboxylic acids is 1. The first kappa shape index (κ1) is 23.3. The number of ether oxygens (including phenoxy) is 1. The number of nitrogens with one attached hydrogen (secondary N) is 2. The molecule has 2 aliphatic rings. The predicted molar refractivity (Wildman–Crippen MR) is 140 cm³/mol. The maximum absolute atomic E-state index is 12.7. The van der Waals surface area contributed by atoms with Crippen LogP contribution in [0.5, 0.6) is 0 Å². The van der Waals surface area contributed by atoms with Crippen LogP contribution in [0.25, 0.3) is 11.1 Å². The lowest BCUT2D eigenvalue weighted by molar-refractivity contribution is -0.116. The van der Waals surface area contributed by atoms with E-state index in [0.29, 0.717) is 12.8 Å². The van der Waals surface area contributed by atoms with Crippen molar-refractivity contribution in [2.45, 2.75) is 30.7 Å². The summed E-state index contributed by atoms with van der Waals surface area (Å²) in [6, 6.07) is 21.1. The summed E-state index contributed by atoms with van der Waals surface area (Å²) in [5, 5.41) is 14.9. The molecule has 0 bridgehead atoms. The average molecular weight is 582 g/mol. The van der Waals surface area contributed by atoms with E-state index in [0.717, 1.165) is 25.8 Å². The predicted octanol–water partition coefficient (Wildman–Crippen LogP) is 5.39. The molecule has 0 unspecified atom stereocenters. The molecule has 178 valence electrons. The number of aromatic carboxylic acids is 1. The van der Waals surface area contributed by atoms with Crippen molar-refractivity contribution >= 4 is 46.2 Å². The van der Waals surface area contributed by atoms with Crippen LogP contribution in [0, 0.1) is 3.57 Å². The molecule has 0 aromatic heterocycles. The lowest BCUT2D eigenvalue weighted by atomic mass is 9.98. The molecule has 0 saturated heterocycles. The number of rotatable bonds is 7. The molecule has 0 heterocycles. The number of benzene rings is 3. The SMILES string of the molecule is O=C(CC1(NC(=O)OCC2c3ccccc3-c3ccccc32)CC1)Nc1ccc(I)cc1C(=O)O. The number of hydrogen-bond donors (Lipinski definition) is 3. The second-order valence-corrected chi connectivity index (χ2v) is 10.2. The third-order valence-electron chi connectivity index (χ3n) is 6.55. The average Bonchev–Trinajstić information content (AvgIpc) is 3.50. The van der Waals surface area contributed by atoms with Crippen LogP contribution in [0.15, 0.2) is 66.7 Å². The van der Waals surface area contributed by atoms with Gasteiger partial charge in [-0.15, -0.1) is 0 Å². The number of amides is 2. The van der Waals surface area contributed by atoms with Gasteiger partial charge in [-0.3, -0.25) is 4.79 Å². The van der Waals surface area contributed by atoms with E-state index in [1.165, 1.54) is 6.07 Å². The molecule has 0 radical (unpaired) electrons. The minimum Gasteiger partial charge on any atom is -0.478 e. The van der Waals surface area contributed by atoms with Gasteiger partial charge in [-0.25, -0.2) is 9.59 Å². The van der Waals surface area contributed by atoms with Crippen molar-refractivity contribution < 1.29 is 24.2 Å². The third kappa shape index (κ3) is 4.88. The first-order chi connectivity index (χ1) is 16.8. The Balaban J connectivity index is 1.20. The minimum absolute atomic E-state index is 0.0274. The lowest BCUT2D eigenvalue weighted by Crippen LogP contribution is -2.40. The van der Waals surface area contributed by atoms with Gasteiger partial charge in [0.2, 0.25) is 5.91 Å². The van der Waals surface area contributed by atoms with Crippen molar-refractivity contribution in [1.82, 2.24) is 5.32 Å². The van der Waals surface area contributed by atoms with Gasteiger partial charge in [0.15, 0.2) is 0 Å². The van der Waals surface area contributed by atoms with Gasteiger partial charge >= 0.3 is 12.1 Å². The topological polar surface area (TPSA) is 105 Å². The van der Waals surface area contributed by atoms with Gasteiger partial charge < -0.3 is 20.5 Å². The highest BCUT2D eigenvalue weighted by Crippen LogP contribution is 2.44. The number of carbonyl (C=O) groups excluding carboxylic acids is 2. The van der Waals surface area contributed by atoms with E-state index in [4.69, 9.17) is 4.74 Å². The number of carbonyl (C=O) groups is 3. The zero-order chi connectivity index (χ0) is 24.6. The van der Waals surface area contributed by atoms with E-state index >= 15 is 0 Å². The van der Waals surface area contributed by atoms with Crippen molar-refractivity contribution in [3.63, 3.8) is 0 Å². The summed E-state index contributed by atoms with van der Waals surface area (Å²) in [5.41, 5.74) is 4.17. The molecule has 3 aromatic rings. The zero-order valence-electron chi connectivity index (χ0n) is 18.7. The number of anilines is 1. The highest BCUT2D eigenvalue weighted by molar-refractivity contribution is 14.1. The Labute approximate surface area is 216 Å². The molecule has 7 nitrogen and oxygen atoms in total. The van der Waals surface area contributed by atoms with Crippen LogP contribution in [0.3, 0.4) is 0 Å². The van der Waals surface area contributed by atoms with Crippen LogP contribution in [0.1, 0.15) is 46.7 Å². The Hall–Kier alpha value is -3.40. The number of carboxylic acid groups (broad SMARTS) is 1. The van der Waals surface area contributed by atoms with E-state index in [1.54, 1.807) is 12.1 Å². The van der Waals surface area contributed by atoms with Crippen LogP contribution >= 0.6 is 22.6 Å². The highest BCUT2D eigenvalue weighted by atomic mass is 127. The summed E-state index contributed by atoms with van der Waals surface area (Å²) in [6.07, 6.45) is 0.798. The molecule has 0 atom stereocenters. The van der Waals surface area contributed by atoms with Gasteiger partial charge in [0.1, 0.15) is 6.61 Å². The first-order valence-corrected chi connectivity index (χ1v) is 12.4. The Kier molecular flexibility index (Phi) is 6.22. The van der Waals surface area contributed by atoms with Gasteiger partial charge in [-0.05, 0) is 75.9 Å². The van der Waals surface area contributed by atoms with E-state index < -0.39 is 17.6 Å².